The zero-order chi connectivity index (χ0) is 24.8. The molecule has 1 unspecified atom stereocenters. The molecule has 0 saturated carbocycles. The first kappa shape index (κ1) is 23.9. The van der Waals surface area contributed by atoms with Gasteiger partial charge in [-0.3, -0.25) is 15.0 Å². The van der Waals surface area contributed by atoms with Crippen LogP contribution in [0.25, 0.3) is 0 Å². The highest BCUT2D eigenvalue weighted by atomic mass is 16.5. The molecular weight excluding hydrogens is 446 g/mol. The number of hydrogen-bond donors (Lipinski definition) is 2. The molecule has 2 N–H and O–H groups in total. The quantitative estimate of drug-likeness (QED) is 0.433. The number of amides is 2. The summed E-state index contributed by atoms with van der Waals surface area (Å²) in [4.78, 5) is 26.6. The lowest BCUT2D eigenvalue weighted by molar-refractivity contribution is 0.0488. The first-order valence-corrected chi connectivity index (χ1v) is 11.5. The van der Waals surface area contributed by atoms with E-state index in [9.17, 15) is 9.59 Å². The molecule has 3 aromatic rings. The SMILES string of the molecule is CCCCOc1ccc(C(=O)NN2C(=O)c3ccccc3NC2c2ccc(OC)cc2OC)cc1. The highest BCUT2D eigenvalue weighted by Gasteiger charge is 2.36. The fraction of sp³-hybridized carbons (Fsp3) is 0.259. The van der Waals surface area contributed by atoms with Crippen molar-refractivity contribution >= 4 is 17.5 Å². The molecule has 35 heavy (non-hydrogen) atoms. The minimum absolute atomic E-state index is 0.338. The molecule has 8 nitrogen and oxygen atoms in total. The van der Waals surface area contributed by atoms with Crippen molar-refractivity contribution in [3.05, 3.63) is 83.4 Å². The van der Waals surface area contributed by atoms with Crippen LogP contribution in [-0.2, 0) is 0 Å². The van der Waals surface area contributed by atoms with Gasteiger partial charge in [-0.15, -0.1) is 0 Å². The van der Waals surface area contributed by atoms with Crippen LogP contribution in [0.1, 0.15) is 52.2 Å². The van der Waals surface area contributed by atoms with Crippen molar-refractivity contribution in [1.82, 2.24) is 10.4 Å². The molecule has 4 rings (SSSR count). The van der Waals surface area contributed by atoms with Crippen LogP contribution in [0, 0.1) is 0 Å². The summed E-state index contributed by atoms with van der Waals surface area (Å²) in [6, 6.07) is 19.3. The summed E-state index contributed by atoms with van der Waals surface area (Å²) < 4.78 is 16.6. The van der Waals surface area contributed by atoms with E-state index in [1.165, 1.54) is 5.01 Å². The lowest BCUT2D eigenvalue weighted by Crippen LogP contribution is -2.52. The van der Waals surface area contributed by atoms with E-state index in [2.05, 4.69) is 17.7 Å². The summed E-state index contributed by atoms with van der Waals surface area (Å²) in [5, 5.41) is 4.64. The van der Waals surface area contributed by atoms with E-state index >= 15 is 0 Å². The van der Waals surface area contributed by atoms with Crippen LogP contribution < -0.4 is 25.0 Å². The Morgan fingerprint density at radius 1 is 1.00 bits per heavy atom. The van der Waals surface area contributed by atoms with Gasteiger partial charge in [0, 0.05) is 22.9 Å². The van der Waals surface area contributed by atoms with Crippen molar-refractivity contribution in [2.45, 2.75) is 25.9 Å². The van der Waals surface area contributed by atoms with Crippen molar-refractivity contribution < 1.29 is 23.8 Å². The number of benzene rings is 3. The molecule has 0 bridgehead atoms. The van der Waals surface area contributed by atoms with Gasteiger partial charge >= 0.3 is 0 Å². The molecule has 0 radical (unpaired) electrons. The molecule has 0 aromatic heterocycles. The predicted molar refractivity (Wildman–Crippen MR) is 133 cm³/mol. The summed E-state index contributed by atoms with van der Waals surface area (Å²) in [5.74, 6) is 1.07. The first-order chi connectivity index (χ1) is 17.0. The third-order valence-electron chi connectivity index (χ3n) is 5.77. The average Bonchev–Trinajstić information content (AvgIpc) is 2.90. The number of para-hydroxylation sites is 1. The van der Waals surface area contributed by atoms with Crippen LogP contribution in [-0.4, -0.2) is 37.6 Å². The standard InChI is InChI=1S/C27H29N3O5/c1-4-5-16-35-19-12-10-18(11-13-19)26(31)29-30-25(22-15-14-20(33-2)17-24(22)34-3)28-23-9-7-6-8-21(23)27(30)32/h6-15,17,25,28H,4-5,16H2,1-3H3,(H,29,31). The largest absolute Gasteiger partial charge is 0.497 e. The van der Waals surface area contributed by atoms with Crippen molar-refractivity contribution in [1.29, 1.82) is 0 Å². The number of hydrogen-bond acceptors (Lipinski definition) is 6. The van der Waals surface area contributed by atoms with Crippen molar-refractivity contribution in [3.8, 4) is 17.2 Å². The van der Waals surface area contributed by atoms with E-state index in [-0.39, 0.29) is 5.91 Å². The maximum Gasteiger partial charge on any atom is 0.276 e. The fourth-order valence-electron chi connectivity index (χ4n) is 3.84. The molecule has 1 aliphatic heterocycles. The Balaban J connectivity index is 1.63. The molecule has 0 aliphatic carbocycles. The van der Waals surface area contributed by atoms with Gasteiger partial charge in [-0.25, -0.2) is 5.01 Å². The van der Waals surface area contributed by atoms with E-state index < -0.39 is 12.1 Å². The number of nitrogens with zero attached hydrogens (tertiary/aromatic N) is 1. The van der Waals surface area contributed by atoms with Crippen LogP contribution >= 0.6 is 0 Å². The number of methoxy groups -OCH3 is 2. The van der Waals surface area contributed by atoms with Gasteiger partial charge in [0.2, 0.25) is 0 Å². The lowest BCUT2D eigenvalue weighted by atomic mass is 10.0. The summed E-state index contributed by atoms with van der Waals surface area (Å²) in [7, 11) is 3.11. The van der Waals surface area contributed by atoms with E-state index in [1.807, 2.05) is 12.1 Å². The summed E-state index contributed by atoms with van der Waals surface area (Å²) in [6.45, 7) is 2.72. The second-order valence-electron chi connectivity index (χ2n) is 8.04. The zero-order valence-corrected chi connectivity index (χ0v) is 20.0. The summed E-state index contributed by atoms with van der Waals surface area (Å²) >= 11 is 0. The molecule has 1 heterocycles. The molecule has 1 aliphatic rings. The Kier molecular flexibility index (Phi) is 7.40. The van der Waals surface area contributed by atoms with Gasteiger partial charge in [0.25, 0.3) is 11.8 Å². The van der Waals surface area contributed by atoms with Crippen LogP contribution in [0.3, 0.4) is 0 Å². The Labute approximate surface area is 204 Å². The smallest absolute Gasteiger partial charge is 0.276 e. The number of unbranched alkanes of at least 4 members (excludes halogenated alkanes) is 1. The number of rotatable bonds is 9. The maximum atomic E-state index is 13.5. The number of hydrazine groups is 1. The molecule has 0 spiro atoms. The normalized spacial score (nSPS) is 14.5. The number of carbonyl (C=O) groups is 2. The lowest BCUT2D eigenvalue weighted by Gasteiger charge is -2.38. The number of anilines is 1. The van der Waals surface area contributed by atoms with Crippen LogP contribution in [0.5, 0.6) is 17.2 Å². The third kappa shape index (κ3) is 5.16. The molecule has 0 saturated heterocycles. The zero-order valence-electron chi connectivity index (χ0n) is 20.0. The molecule has 3 aromatic carbocycles. The number of ether oxygens (including phenoxy) is 3. The second kappa shape index (κ2) is 10.8. The Morgan fingerprint density at radius 3 is 2.46 bits per heavy atom. The average molecular weight is 476 g/mol. The van der Waals surface area contributed by atoms with Crippen LogP contribution in [0.15, 0.2) is 66.7 Å². The molecular formula is C27H29N3O5. The molecule has 2 amide bonds. The van der Waals surface area contributed by atoms with Crippen molar-refractivity contribution in [3.63, 3.8) is 0 Å². The topological polar surface area (TPSA) is 89.1 Å². The van der Waals surface area contributed by atoms with Gasteiger partial charge in [0.15, 0.2) is 6.17 Å². The van der Waals surface area contributed by atoms with Gasteiger partial charge < -0.3 is 19.5 Å². The minimum atomic E-state index is -0.709. The Bertz CT molecular complexity index is 1200. The highest BCUT2D eigenvalue weighted by molar-refractivity contribution is 6.04. The minimum Gasteiger partial charge on any atom is -0.497 e. The molecule has 0 fully saturated rings. The third-order valence-corrected chi connectivity index (χ3v) is 5.77. The van der Waals surface area contributed by atoms with Gasteiger partial charge in [-0.05, 0) is 55.0 Å². The monoisotopic (exact) mass is 475 g/mol. The van der Waals surface area contributed by atoms with Crippen LogP contribution in [0.2, 0.25) is 0 Å². The van der Waals surface area contributed by atoms with Crippen LogP contribution in [0.4, 0.5) is 5.69 Å². The fourth-order valence-corrected chi connectivity index (χ4v) is 3.84. The molecule has 8 heteroatoms. The van der Waals surface area contributed by atoms with E-state index in [0.717, 1.165) is 12.8 Å². The van der Waals surface area contributed by atoms with Crippen molar-refractivity contribution in [2.75, 3.05) is 26.1 Å². The van der Waals surface area contributed by atoms with E-state index in [1.54, 1.807) is 68.8 Å². The number of nitrogens with one attached hydrogen (secondary N) is 2. The van der Waals surface area contributed by atoms with Gasteiger partial charge in [-0.2, -0.15) is 0 Å². The summed E-state index contributed by atoms with van der Waals surface area (Å²) in [6.07, 6.45) is 1.30. The van der Waals surface area contributed by atoms with E-state index in [4.69, 9.17) is 14.2 Å². The first-order valence-electron chi connectivity index (χ1n) is 11.5. The van der Waals surface area contributed by atoms with Crippen molar-refractivity contribution in [2.24, 2.45) is 0 Å². The Hall–Kier alpha value is -4.20. The maximum absolute atomic E-state index is 13.5. The predicted octanol–water partition coefficient (Wildman–Crippen LogP) is 4.79. The highest BCUT2D eigenvalue weighted by Crippen LogP contribution is 2.37. The number of carbonyl (C=O) groups excluding carboxylic acids is 2. The second-order valence-corrected chi connectivity index (χ2v) is 8.04. The number of fused-ring (bicyclic) bond motifs is 1. The summed E-state index contributed by atoms with van der Waals surface area (Å²) in [5.41, 5.74) is 4.97. The van der Waals surface area contributed by atoms with Gasteiger partial charge in [0.1, 0.15) is 17.2 Å². The van der Waals surface area contributed by atoms with Gasteiger partial charge in [0.05, 0.1) is 26.4 Å². The Morgan fingerprint density at radius 2 is 1.74 bits per heavy atom. The van der Waals surface area contributed by atoms with Gasteiger partial charge in [-0.1, -0.05) is 25.5 Å². The molecule has 182 valence electrons. The molecule has 1 atom stereocenters. The van der Waals surface area contributed by atoms with E-state index in [0.29, 0.717) is 46.2 Å².